The standard InChI is InChI=1S/C24H29N5O4S/c1-4-22-26-24(27-33-22)19-7-10-21(25-16-19)28-11-13-29(14-12-28)23(30)15-18-5-8-20(9-6-18)34(31,32)17(2)3/h5-10,16-17H,4,11-15H2,1-3H3. The Bertz CT molecular complexity index is 1230. The molecule has 0 atom stereocenters. The van der Waals surface area contributed by atoms with Crippen molar-refractivity contribution in [3.8, 4) is 11.4 Å². The molecule has 10 heteroatoms. The number of piperazine rings is 1. The molecule has 1 fully saturated rings. The topological polar surface area (TPSA) is 110 Å². The number of hydrogen-bond acceptors (Lipinski definition) is 8. The van der Waals surface area contributed by atoms with E-state index in [1.807, 2.05) is 24.0 Å². The zero-order chi connectivity index (χ0) is 24.3. The van der Waals surface area contributed by atoms with E-state index in [0.29, 0.717) is 44.3 Å². The molecule has 0 radical (unpaired) electrons. The second-order valence-corrected chi connectivity index (χ2v) is 11.1. The maximum absolute atomic E-state index is 12.8. The Labute approximate surface area is 199 Å². The van der Waals surface area contributed by atoms with Crippen molar-refractivity contribution in [2.75, 3.05) is 31.1 Å². The molecule has 0 N–H and O–H groups in total. The Morgan fingerprint density at radius 1 is 1.06 bits per heavy atom. The number of aromatic nitrogens is 3. The van der Waals surface area contributed by atoms with Crippen molar-refractivity contribution < 1.29 is 17.7 Å². The summed E-state index contributed by atoms with van der Waals surface area (Å²) in [6.45, 7) is 7.86. The van der Waals surface area contributed by atoms with Crippen molar-refractivity contribution in [1.29, 1.82) is 0 Å². The predicted molar refractivity (Wildman–Crippen MR) is 128 cm³/mol. The van der Waals surface area contributed by atoms with Crippen LogP contribution in [0.4, 0.5) is 5.82 Å². The zero-order valence-corrected chi connectivity index (χ0v) is 20.5. The molecule has 0 spiro atoms. The molecule has 9 nitrogen and oxygen atoms in total. The van der Waals surface area contributed by atoms with Gasteiger partial charge in [-0.3, -0.25) is 4.79 Å². The molecule has 0 unspecified atom stereocenters. The van der Waals surface area contributed by atoms with E-state index < -0.39 is 15.1 Å². The number of aryl methyl sites for hydroxylation is 1. The number of amides is 1. The number of benzene rings is 1. The minimum atomic E-state index is -3.31. The number of carbonyl (C=O) groups excluding carboxylic acids is 1. The van der Waals surface area contributed by atoms with Crippen LogP contribution in [0.3, 0.4) is 0 Å². The highest BCUT2D eigenvalue weighted by atomic mass is 32.2. The molecule has 2 aromatic heterocycles. The van der Waals surface area contributed by atoms with Gasteiger partial charge in [0.2, 0.25) is 17.6 Å². The number of anilines is 1. The molecule has 4 rings (SSSR count). The van der Waals surface area contributed by atoms with Crippen LogP contribution < -0.4 is 4.90 Å². The Morgan fingerprint density at radius 3 is 2.32 bits per heavy atom. The van der Waals surface area contributed by atoms with Gasteiger partial charge in [0.15, 0.2) is 9.84 Å². The summed E-state index contributed by atoms with van der Waals surface area (Å²) in [7, 11) is -3.31. The molecule has 1 aliphatic heterocycles. The van der Waals surface area contributed by atoms with Crippen LogP contribution in [0.1, 0.15) is 32.2 Å². The van der Waals surface area contributed by atoms with Gasteiger partial charge in [-0.15, -0.1) is 0 Å². The van der Waals surface area contributed by atoms with Crippen LogP contribution in [0.15, 0.2) is 52.0 Å². The lowest BCUT2D eigenvalue weighted by Crippen LogP contribution is -2.49. The smallest absolute Gasteiger partial charge is 0.227 e. The molecular formula is C24H29N5O4S. The molecule has 1 amide bonds. The maximum atomic E-state index is 12.8. The summed E-state index contributed by atoms with van der Waals surface area (Å²) in [6.07, 6.45) is 2.67. The van der Waals surface area contributed by atoms with Gasteiger partial charge in [0.1, 0.15) is 5.82 Å². The molecule has 34 heavy (non-hydrogen) atoms. The number of hydrogen-bond donors (Lipinski definition) is 0. The molecule has 1 aromatic carbocycles. The van der Waals surface area contributed by atoms with Gasteiger partial charge in [-0.2, -0.15) is 4.98 Å². The molecule has 1 saturated heterocycles. The number of sulfone groups is 1. The highest BCUT2D eigenvalue weighted by Crippen LogP contribution is 2.21. The summed E-state index contributed by atoms with van der Waals surface area (Å²) in [5.74, 6) is 2.00. The van der Waals surface area contributed by atoms with Crippen molar-refractivity contribution >= 4 is 21.6 Å². The first-order valence-electron chi connectivity index (χ1n) is 11.4. The van der Waals surface area contributed by atoms with Crippen LogP contribution in [0, 0.1) is 0 Å². The van der Waals surface area contributed by atoms with E-state index in [1.165, 1.54) is 0 Å². The van der Waals surface area contributed by atoms with Gasteiger partial charge in [0, 0.05) is 44.4 Å². The van der Waals surface area contributed by atoms with Crippen LogP contribution in [0.5, 0.6) is 0 Å². The van der Waals surface area contributed by atoms with Crippen molar-refractivity contribution in [3.05, 3.63) is 54.0 Å². The summed E-state index contributed by atoms with van der Waals surface area (Å²) in [5.41, 5.74) is 1.60. The monoisotopic (exact) mass is 483 g/mol. The number of carbonyl (C=O) groups is 1. The van der Waals surface area contributed by atoms with E-state index in [-0.39, 0.29) is 17.2 Å². The lowest BCUT2D eigenvalue weighted by Gasteiger charge is -2.35. The van der Waals surface area contributed by atoms with Gasteiger partial charge >= 0.3 is 0 Å². The predicted octanol–water partition coefficient (Wildman–Crippen LogP) is 2.77. The first kappa shape index (κ1) is 23.9. The van der Waals surface area contributed by atoms with E-state index in [9.17, 15) is 13.2 Å². The van der Waals surface area contributed by atoms with Crippen molar-refractivity contribution in [2.24, 2.45) is 0 Å². The normalized spacial score (nSPS) is 14.6. The lowest BCUT2D eigenvalue weighted by molar-refractivity contribution is -0.130. The van der Waals surface area contributed by atoms with Crippen LogP contribution in [-0.2, 0) is 27.5 Å². The Kier molecular flexibility index (Phi) is 6.97. The fourth-order valence-electron chi connectivity index (χ4n) is 3.76. The lowest BCUT2D eigenvalue weighted by atomic mass is 10.1. The Morgan fingerprint density at radius 2 is 1.76 bits per heavy atom. The molecular weight excluding hydrogens is 454 g/mol. The Hall–Kier alpha value is -3.27. The Balaban J connectivity index is 1.31. The molecule has 1 aliphatic rings. The third-order valence-electron chi connectivity index (χ3n) is 5.96. The quantitative estimate of drug-likeness (QED) is 0.505. The second kappa shape index (κ2) is 9.92. The fraction of sp³-hybridized carbons (Fsp3) is 0.417. The minimum Gasteiger partial charge on any atom is -0.353 e. The third-order valence-corrected chi connectivity index (χ3v) is 8.13. The van der Waals surface area contributed by atoms with Crippen molar-refractivity contribution in [3.63, 3.8) is 0 Å². The molecule has 180 valence electrons. The SMILES string of the molecule is CCc1nc(-c2ccc(N3CCN(C(=O)Cc4ccc(S(=O)(=O)C(C)C)cc4)CC3)nc2)no1. The maximum Gasteiger partial charge on any atom is 0.227 e. The van der Waals surface area contributed by atoms with Gasteiger partial charge in [0.05, 0.1) is 16.6 Å². The van der Waals surface area contributed by atoms with Gasteiger partial charge < -0.3 is 14.3 Å². The molecule has 0 saturated carbocycles. The van der Waals surface area contributed by atoms with Gasteiger partial charge in [-0.05, 0) is 43.7 Å². The minimum absolute atomic E-state index is 0.0336. The first-order valence-corrected chi connectivity index (χ1v) is 13.0. The average Bonchev–Trinajstić information content (AvgIpc) is 3.34. The van der Waals surface area contributed by atoms with E-state index in [2.05, 4.69) is 20.0 Å². The fourth-order valence-corrected chi connectivity index (χ4v) is 4.82. The number of pyridine rings is 1. The summed E-state index contributed by atoms with van der Waals surface area (Å²) in [6, 6.07) is 10.5. The van der Waals surface area contributed by atoms with Crippen molar-refractivity contribution in [1.82, 2.24) is 20.0 Å². The third kappa shape index (κ3) is 5.11. The molecule has 3 aromatic rings. The van der Waals surface area contributed by atoms with E-state index >= 15 is 0 Å². The average molecular weight is 484 g/mol. The van der Waals surface area contributed by atoms with Crippen LogP contribution in [0.2, 0.25) is 0 Å². The summed E-state index contributed by atoms with van der Waals surface area (Å²) < 4.78 is 29.7. The summed E-state index contributed by atoms with van der Waals surface area (Å²) >= 11 is 0. The van der Waals surface area contributed by atoms with E-state index in [4.69, 9.17) is 4.52 Å². The summed E-state index contributed by atoms with van der Waals surface area (Å²) in [4.78, 5) is 25.9. The highest BCUT2D eigenvalue weighted by molar-refractivity contribution is 7.92. The van der Waals surface area contributed by atoms with E-state index in [1.54, 1.807) is 44.3 Å². The molecule has 0 bridgehead atoms. The number of nitrogens with zero attached hydrogens (tertiary/aromatic N) is 5. The largest absolute Gasteiger partial charge is 0.353 e. The molecule has 0 aliphatic carbocycles. The van der Waals surface area contributed by atoms with Crippen LogP contribution in [0.25, 0.3) is 11.4 Å². The zero-order valence-electron chi connectivity index (χ0n) is 19.6. The summed E-state index contributed by atoms with van der Waals surface area (Å²) in [5, 5.41) is 3.50. The van der Waals surface area contributed by atoms with E-state index in [0.717, 1.165) is 16.9 Å². The van der Waals surface area contributed by atoms with Gasteiger partial charge in [-0.25, -0.2) is 13.4 Å². The second-order valence-electron chi connectivity index (χ2n) is 8.55. The van der Waals surface area contributed by atoms with Gasteiger partial charge in [0.25, 0.3) is 0 Å². The molecule has 3 heterocycles. The first-order chi connectivity index (χ1) is 16.3. The van der Waals surface area contributed by atoms with Crippen LogP contribution >= 0.6 is 0 Å². The number of rotatable bonds is 7. The highest BCUT2D eigenvalue weighted by Gasteiger charge is 2.23. The van der Waals surface area contributed by atoms with Crippen LogP contribution in [-0.4, -0.2) is 65.8 Å². The van der Waals surface area contributed by atoms with Crippen molar-refractivity contribution in [2.45, 2.75) is 43.8 Å². The van der Waals surface area contributed by atoms with Gasteiger partial charge in [-0.1, -0.05) is 24.2 Å².